The number of aromatic nitrogens is 2. The number of H-pyrrole nitrogens is 2. The summed E-state index contributed by atoms with van der Waals surface area (Å²) in [4.78, 5) is 27.2. The van der Waals surface area contributed by atoms with Crippen LogP contribution in [0.15, 0.2) is 59.5 Å². The van der Waals surface area contributed by atoms with E-state index in [9.17, 15) is 14.7 Å². The molecular weight excluding hydrogens is 344 g/mol. The molecule has 2 heterocycles. The Morgan fingerprint density at radius 2 is 1.78 bits per heavy atom. The van der Waals surface area contributed by atoms with Gasteiger partial charge in [0, 0.05) is 28.9 Å². The third kappa shape index (κ3) is 3.91. The number of benzene rings is 2. The highest BCUT2D eigenvalue weighted by molar-refractivity contribution is 6.05. The zero-order chi connectivity index (χ0) is 19.4. The molecule has 0 unspecified atom stereocenters. The van der Waals surface area contributed by atoms with Gasteiger partial charge in [0.1, 0.15) is 5.52 Å². The zero-order valence-electron chi connectivity index (χ0n) is 14.8. The second kappa shape index (κ2) is 7.88. The Morgan fingerprint density at radius 1 is 1.04 bits per heavy atom. The molecule has 2 aromatic carbocycles. The van der Waals surface area contributed by atoms with E-state index in [0.29, 0.717) is 5.52 Å². The van der Waals surface area contributed by atoms with Crippen molar-refractivity contribution in [1.29, 1.82) is 0 Å². The molecule has 4 rings (SSSR count). The molecule has 0 aliphatic rings. The molecule has 27 heavy (non-hydrogen) atoms. The lowest BCUT2D eigenvalue weighted by atomic mass is 10.0. The molecule has 0 saturated carbocycles. The van der Waals surface area contributed by atoms with Crippen LogP contribution >= 0.6 is 0 Å². The van der Waals surface area contributed by atoms with Gasteiger partial charge >= 0.3 is 5.97 Å². The van der Waals surface area contributed by atoms with E-state index in [0.717, 1.165) is 33.0 Å². The van der Waals surface area contributed by atoms with Gasteiger partial charge in [0.2, 0.25) is 0 Å². The maximum absolute atomic E-state index is 12.0. The number of carbonyl (C=O) groups is 1. The van der Waals surface area contributed by atoms with Gasteiger partial charge in [-0.15, -0.1) is 0 Å². The van der Waals surface area contributed by atoms with Crippen molar-refractivity contribution in [3.63, 3.8) is 0 Å². The maximum atomic E-state index is 12.0. The number of aliphatic carboxylic acids is 1. The van der Waals surface area contributed by atoms with E-state index in [-0.39, 0.29) is 18.6 Å². The summed E-state index contributed by atoms with van der Waals surface area (Å²) in [6, 6.07) is 15.7. The number of fused-ring (bicyclic) bond motifs is 3. The van der Waals surface area contributed by atoms with Crippen LogP contribution in [-0.4, -0.2) is 26.2 Å². The molecule has 0 aliphatic carbocycles. The second-order valence-electron chi connectivity index (χ2n) is 6.09. The molecule has 4 aromatic rings. The Kier molecular flexibility index (Phi) is 5.38. The maximum Gasteiger partial charge on any atom is 0.303 e. The molecule has 6 heteroatoms. The van der Waals surface area contributed by atoms with Crippen molar-refractivity contribution in [3.8, 4) is 11.1 Å². The predicted octanol–water partition coefficient (Wildman–Crippen LogP) is 3.65. The SMILES string of the molecule is CCC(=O)O.O=c1[nH]c2ccc(-c3cccc(CO)c3)cc2c2cc[nH]c12. The molecule has 0 bridgehead atoms. The number of aliphatic hydroxyl groups is 1. The van der Waals surface area contributed by atoms with Crippen LogP contribution in [0.4, 0.5) is 0 Å². The molecule has 0 spiro atoms. The van der Waals surface area contributed by atoms with E-state index < -0.39 is 5.97 Å². The van der Waals surface area contributed by atoms with E-state index >= 15 is 0 Å². The van der Waals surface area contributed by atoms with E-state index in [1.165, 1.54) is 0 Å². The van der Waals surface area contributed by atoms with Crippen LogP contribution < -0.4 is 5.56 Å². The van der Waals surface area contributed by atoms with Gasteiger partial charge in [-0.2, -0.15) is 0 Å². The van der Waals surface area contributed by atoms with Crippen molar-refractivity contribution in [2.24, 2.45) is 0 Å². The van der Waals surface area contributed by atoms with Gasteiger partial charge in [-0.05, 0) is 41.0 Å². The summed E-state index contributed by atoms with van der Waals surface area (Å²) in [5.74, 6) is -0.745. The van der Waals surface area contributed by atoms with Crippen molar-refractivity contribution in [1.82, 2.24) is 9.97 Å². The summed E-state index contributed by atoms with van der Waals surface area (Å²) in [6.07, 6.45) is 2.00. The Morgan fingerprint density at radius 3 is 2.48 bits per heavy atom. The number of aliphatic hydroxyl groups excluding tert-OH is 1. The molecule has 0 aliphatic heterocycles. The topological polar surface area (TPSA) is 106 Å². The highest BCUT2D eigenvalue weighted by Gasteiger charge is 2.07. The Labute approximate surface area is 155 Å². The van der Waals surface area contributed by atoms with Crippen molar-refractivity contribution < 1.29 is 15.0 Å². The first-order chi connectivity index (χ1) is 13.0. The number of hydrogen-bond acceptors (Lipinski definition) is 3. The van der Waals surface area contributed by atoms with Gasteiger partial charge in [-0.25, -0.2) is 0 Å². The van der Waals surface area contributed by atoms with Crippen molar-refractivity contribution in [3.05, 3.63) is 70.6 Å². The van der Waals surface area contributed by atoms with Crippen molar-refractivity contribution in [2.45, 2.75) is 20.0 Å². The minimum Gasteiger partial charge on any atom is -0.481 e. The van der Waals surface area contributed by atoms with Gasteiger partial charge in [-0.1, -0.05) is 31.2 Å². The zero-order valence-corrected chi connectivity index (χ0v) is 14.8. The number of rotatable bonds is 3. The lowest BCUT2D eigenvalue weighted by Gasteiger charge is -2.06. The lowest BCUT2D eigenvalue weighted by Crippen LogP contribution is -2.05. The molecule has 0 radical (unpaired) electrons. The molecule has 2 aromatic heterocycles. The average molecular weight is 364 g/mol. The number of carboxylic acid groups (broad SMARTS) is 1. The minimum atomic E-state index is -0.745. The summed E-state index contributed by atoms with van der Waals surface area (Å²) < 4.78 is 0. The van der Waals surface area contributed by atoms with E-state index in [2.05, 4.69) is 16.0 Å². The fourth-order valence-electron chi connectivity index (χ4n) is 2.87. The van der Waals surface area contributed by atoms with E-state index in [1.807, 2.05) is 42.5 Å². The van der Waals surface area contributed by atoms with Crippen LogP contribution in [0.2, 0.25) is 0 Å². The first-order valence-electron chi connectivity index (χ1n) is 8.58. The monoisotopic (exact) mass is 364 g/mol. The van der Waals surface area contributed by atoms with Crippen LogP contribution in [0.5, 0.6) is 0 Å². The number of pyridine rings is 1. The van der Waals surface area contributed by atoms with E-state index in [4.69, 9.17) is 5.11 Å². The first-order valence-corrected chi connectivity index (χ1v) is 8.58. The second-order valence-corrected chi connectivity index (χ2v) is 6.09. The van der Waals surface area contributed by atoms with Crippen LogP contribution in [0.1, 0.15) is 18.9 Å². The van der Waals surface area contributed by atoms with Crippen LogP contribution in [0.25, 0.3) is 32.9 Å². The summed E-state index contributed by atoms with van der Waals surface area (Å²) in [7, 11) is 0. The number of carboxylic acids is 1. The quantitative estimate of drug-likeness (QED) is 0.445. The van der Waals surface area contributed by atoms with Gasteiger partial charge in [0.25, 0.3) is 5.56 Å². The molecule has 6 nitrogen and oxygen atoms in total. The fourth-order valence-corrected chi connectivity index (χ4v) is 2.87. The lowest BCUT2D eigenvalue weighted by molar-refractivity contribution is -0.136. The fraction of sp³-hybridized carbons (Fsp3) is 0.143. The van der Waals surface area contributed by atoms with Crippen molar-refractivity contribution in [2.75, 3.05) is 0 Å². The summed E-state index contributed by atoms with van der Waals surface area (Å²) in [5, 5.41) is 18.9. The molecule has 0 atom stereocenters. The van der Waals surface area contributed by atoms with Gasteiger partial charge in [0.05, 0.1) is 6.61 Å². The molecule has 0 amide bonds. The smallest absolute Gasteiger partial charge is 0.303 e. The standard InChI is InChI=1S/C18H14N2O2.C3H6O2/c21-10-11-2-1-3-12(8-11)13-4-5-16-15(9-13)14-6-7-19-17(14)18(22)20-16;1-2-3(4)5/h1-9,19,21H,10H2,(H,20,22);2H2,1H3,(H,4,5). The summed E-state index contributed by atoms with van der Waals surface area (Å²) >= 11 is 0. The van der Waals surface area contributed by atoms with Crippen LogP contribution in [0, 0.1) is 0 Å². The largest absolute Gasteiger partial charge is 0.481 e. The van der Waals surface area contributed by atoms with Crippen LogP contribution in [0.3, 0.4) is 0 Å². The summed E-state index contributed by atoms with van der Waals surface area (Å²) in [5.41, 5.74) is 4.28. The molecule has 138 valence electrons. The Balaban J connectivity index is 0.000000376. The predicted molar refractivity (Wildman–Crippen MR) is 106 cm³/mol. The molecular formula is C21H20N2O4. The van der Waals surface area contributed by atoms with Gasteiger partial charge in [-0.3, -0.25) is 9.59 Å². The highest BCUT2D eigenvalue weighted by atomic mass is 16.4. The van der Waals surface area contributed by atoms with Crippen LogP contribution in [-0.2, 0) is 11.4 Å². The summed E-state index contributed by atoms with van der Waals surface area (Å²) in [6.45, 7) is 1.62. The molecule has 4 N–H and O–H groups in total. The minimum absolute atomic E-state index is 0.0246. The molecule has 0 fully saturated rings. The number of nitrogens with one attached hydrogen (secondary N) is 2. The average Bonchev–Trinajstić information content (AvgIpc) is 3.19. The third-order valence-corrected chi connectivity index (χ3v) is 4.28. The number of hydrogen-bond donors (Lipinski definition) is 4. The van der Waals surface area contributed by atoms with Crippen molar-refractivity contribution >= 4 is 27.8 Å². The highest BCUT2D eigenvalue weighted by Crippen LogP contribution is 2.27. The molecule has 0 saturated heterocycles. The number of aromatic amines is 2. The first kappa shape index (κ1) is 18.4. The van der Waals surface area contributed by atoms with E-state index in [1.54, 1.807) is 13.1 Å². The Bertz CT molecular complexity index is 1160. The normalized spacial score (nSPS) is 10.6. The Hall–Kier alpha value is -3.38. The third-order valence-electron chi connectivity index (χ3n) is 4.28. The van der Waals surface area contributed by atoms with Gasteiger partial charge < -0.3 is 20.2 Å². The van der Waals surface area contributed by atoms with Gasteiger partial charge in [0.15, 0.2) is 0 Å².